The highest BCUT2D eigenvalue weighted by Gasteiger charge is 2.20. The molecular formula is C21H31N3O2. The zero-order valence-corrected chi connectivity index (χ0v) is 15.9. The minimum absolute atomic E-state index is 0.0628. The van der Waals surface area contributed by atoms with Crippen LogP contribution in [-0.4, -0.2) is 37.5 Å². The van der Waals surface area contributed by atoms with E-state index in [2.05, 4.69) is 22.3 Å². The van der Waals surface area contributed by atoms with Crippen molar-refractivity contribution in [1.82, 2.24) is 5.32 Å². The quantitative estimate of drug-likeness (QED) is 0.878. The van der Waals surface area contributed by atoms with Gasteiger partial charge in [0.15, 0.2) is 0 Å². The number of hydrogen-bond acceptors (Lipinski definition) is 3. The number of nitrogens with zero attached hydrogens (tertiary/aromatic N) is 2. The second kappa shape index (κ2) is 9.06. The van der Waals surface area contributed by atoms with E-state index in [1.165, 1.54) is 51.1 Å². The molecule has 26 heavy (non-hydrogen) atoms. The lowest BCUT2D eigenvalue weighted by Crippen LogP contribution is -2.44. The number of nitrogens with one attached hydrogen (secondary N) is 1. The van der Waals surface area contributed by atoms with E-state index in [4.69, 9.17) is 0 Å². The zero-order chi connectivity index (χ0) is 18.4. The summed E-state index contributed by atoms with van der Waals surface area (Å²) in [6.45, 7) is 3.81. The molecule has 142 valence electrons. The van der Waals surface area contributed by atoms with Gasteiger partial charge >= 0.3 is 0 Å². The molecule has 1 N–H and O–H groups in total. The molecule has 1 aliphatic heterocycles. The number of anilines is 2. The summed E-state index contributed by atoms with van der Waals surface area (Å²) in [4.78, 5) is 28.5. The van der Waals surface area contributed by atoms with E-state index in [-0.39, 0.29) is 24.4 Å². The number of benzene rings is 1. The minimum Gasteiger partial charge on any atom is -0.372 e. The van der Waals surface area contributed by atoms with Gasteiger partial charge in [-0.25, -0.2) is 0 Å². The molecule has 1 heterocycles. The Labute approximate surface area is 156 Å². The van der Waals surface area contributed by atoms with Gasteiger partial charge in [-0.3, -0.25) is 9.59 Å². The van der Waals surface area contributed by atoms with Crippen molar-refractivity contribution in [2.75, 3.05) is 29.4 Å². The normalized spacial score (nSPS) is 18.4. The molecule has 2 amide bonds. The van der Waals surface area contributed by atoms with Crippen LogP contribution in [0.15, 0.2) is 24.3 Å². The number of rotatable bonds is 5. The molecule has 5 heteroatoms. The molecule has 1 aliphatic carbocycles. The van der Waals surface area contributed by atoms with Crippen molar-refractivity contribution < 1.29 is 9.59 Å². The van der Waals surface area contributed by atoms with Gasteiger partial charge < -0.3 is 15.1 Å². The Bertz CT molecular complexity index is 602. The Morgan fingerprint density at radius 3 is 2.23 bits per heavy atom. The van der Waals surface area contributed by atoms with Crippen molar-refractivity contribution in [3.63, 3.8) is 0 Å². The van der Waals surface area contributed by atoms with E-state index in [1.807, 2.05) is 12.1 Å². The molecule has 2 fully saturated rings. The summed E-state index contributed by atoms with van der Waals surface area (Å²) in [5.74, 6) is -0.165. The molecule has 0 aromatic heterocycles. The predicted molar refractivity (Wildman–Crippen MR) is 106 cm³/mol. The molecule has 5 nitrogen and oxygen atoms in total. The minimum atomic E-state index is -0.102. The first-order valence-electron chi connectivity index (χ1n) is 10.1. The molecule has 0 unspecified atom stereocenters. The van der Waals surface area contributed by atoms with E-state index in [0.717, 1.165) is 31.6 Å². The topological polar surface area (TPSA) is 52.7 Å². The summed E-state index contributed by atoms with van der Waals surface area (Å²) < 4.78 is 0. The summed E-state index contributed by atoms with van der Waals surface area (Å²) in [5, 5.41) is 3.10. The van der Waals surface area contributed by atoms with Crippen LogP contribution in [0.4, 0.5) is 11.4 Å². The van der Waals surface area contributed by atoms with Crippen LogP contribution in [0.2, 0.25) is 0 Å². The van der Waals surface area contributed by atoms with Crippen molar-refractivity contribution in [2.24, 2.45) is 0 Å². The molecule has 0 atom stereocenters. The fourth-order valence-corrected chi connectivity index (χ4v) is 4.04. The van der Waals surface area contributed by atoms with Gasteiger partial charge in [0.05, 0.1) is 0 Å². The summed E-state index contributed by atoms with van der Waals surface area (Å²) in [7, 11) is 0. The van der Waals surface area contributed by atoms with Crippen molar-refractivity contribution in [3.8, 4) is 0 Å². The molecular weight excluding hydrogens is 326 g/mol. The van der Waals surface area contributed by atoms with Gasteiger partial charge in [-0.05, 0) is 56.4 Å². The highest BCUT2D eigenvalue weighted by Crippen LogP contribution is 2.24. The van der Waals surface area contributed by atoms with Gasteiger partial charge in [-0.2, -0.15) is 0 Å². The first kappa shape index (κ1) is 18.7. The summed E-state index contributed by atoms with van der Waals surface area (Å²) in [6, 6.07) is 8.32. The summed E-state index contributed by atoms with van der Waals surface area (Å²) in [6.07, 6.45) is 9.51. The first-order chi connectivity index (χ1) is 12.6. The largest absolute Gasteiger partial charge is 0.372 e. The summed E-state index contributed by atoms with van der Waals surface area (Å²) >= 11 is 0. The van der Waals surface area contributed by atoms with Crippen LogP contribution in [0, 0.1) is 0 Å². The third-order valence-corrected chi connectivity index (χ3v) is 5.53. The van der Waals surface area contributed by atoms with Crippen LogP contribution in [-0.2, 0) is 9.59 Å². The fraction of sp³-hybridized carbons (Fsp3) is 0.619. The Morgan fingerprint density at radius 2 is 1.62 bits per heavy atom. The number of carbonyl (C=O) groups is 2. The van der Waals surface area contributed by atoms with E-state index < -0.39 is 0 Å². The van der Waals surface area contributed by atoms with E-state index in [0.29, 0.717) is 0 Å². The molecule has 0 bridgehead atoms. The van der Waals surface area contributed by atoms with Crippen LogP contribution in [0.5, 0.6) is 0 Å². The smallest absolute Gasteiger partial charge is 0.240 e. The van der Waals surface area contributed by atoms with Crippen molar-refractivity contribution >= 4 is 23.2 Å². The number of amides is 2. The van der Waals surface area contributed by atoms with Crippen molar-refractivity contribution in [2.45, 2.75) is 64.3 Å². The third-order valence-electron chi connectivity index (χ3n) is 5.53. The second-order valence-corrected chi connectivity index (χ2v) is 7.57. The molecule has 2 aliphatic rings. The van der Waals surface area contributed by atoms with E-state index >= 15 is 0 Å². The van der Waals surface area contributed by atoms with Gasteiger partial charge in [0.2, 0.25) is 11.8 Å². The Morgan fingerprint density at radius 1 is 1.00 bits per heavy atom. The first-order valence-corrected chi connectivity index (χ1v) is 10.1. The predicted octanol–water partition coefficient (Wildman–Crippen LogP) is 3.48. The molecule has 1 aromatic rings. The van der Waals surface area contributed by atoms with Gasteiger partial charge in [-0.15, -0.1) is 0 Å². The molecule has 0 spiro atoms. The van der Waals surface area contributed by atoms with Crippen LogP contribution in [0.3, 0.4) is 0 Å². The number of carbonyl (C=O) groups excluding carboxylic acids is 2. The van der Waals surface area contributed by atoms with Crippen molar-refractivity contribution in [3.05, 3.63) is 24.3 Å². The molecule has 1 saturated heterocycles. The maximum atomic E-state index is 12.4. The zero-order valence-electron chi connectivity index (χ0n) is 15.9. The lowest BCUT2D eigenvalue weighted by molar-refractivity contribution is -0.123. The Kier molecular flexibility index (Phi) is 6.53. The lowest BCUT2D eigenvalue weighted by Gasteiger charge is -2.29. The maximum absolute atomic E-state index is 12.4. The van der Waals surface area contributed by atoms with Gasteiger partial charge in [-0.1, -0.05) is 19.3 Å². The van der Waals surface area contributed by atoms with Gasteiger partial charge in [0.25, 0.3) is 0 Å². The highest BCUT2D eigenvalue weighted by atomic mass is 16.2. The lowest BCUT2D eigenvalue weighted by atomic mass is 9.95. The monoisotopic (exact) mass is 357 g/mol. The molecule has 1 saturated carbocycles. The second-order valence-electron chi connectivity index (χ2n) is 7.57. The average molecular weight is 357 g/mol. The maximum Gasteiger partial charge on any atom is 0.240 e. The molecule has 0 radical (unpaired) electrons. The molecule has 3 rings (SSSR count). The SMILES string of the molecule is CC(=O)N(CC(=O)NC1CCCCC1)c1ccc(N2CCCCC2)cc1. The van der Waals surface area contributed by atoms with Crippen LogP contribution >= 0.6 is 0 Å². The van der Waals surface area contributed by atoms with Crippen LogP contribution in [0.25, 0.3) is 0 Å². The fourth-order valence-electron chi connectivity index (χ4n) is 4.04. The third kappa shape index (κ3) is 4.99. The average Bonchev–Trinajstić information content (AvgIpc) is 2.67. The van der Waals surface area contributed by atoms with Gasteiger partial charge in [0, 0.05) is 37.4 Å². The van der Waals surface area contributed by atoms with E-state index in [9.17, 15) is 9.59 Å². The standard InChI is InChI=1S/C21H31N3O2/c1-17(25)24(16-21(26)22-18-8-4-2-5-9-18)20-12-10-19(11-13-20)23-14-6-3-7-15-23/h10-13,18H,2-9,14-16H2,1H3,(H,22,26). The van der Waals surface area contributed by atoms with E-state index in [1.54, 1.807) is 4.90 Å². The number of piperidine rings is 1. The van der Waals surface area contributed by atoms with Crippen molar-refractivity contribution in [1.29, 1.82) is 0 Å². The van der Waals surface area contributed by atoms with Gasteiger partial charge in [0.1, 0.15) is 6.54 Å². The highest BCUT2D eigenvalue weighted by molar-refractivity contribution is 5.97. The van der Waals surface area contributed by atoms with Crippen LogP contribution in [0.1, 0.15) is 58.3 Å². The van der Waals surface area contributed by atoms with Crippen LogP contribution < -0.4 is 15.1 Å². The number of hydrogen-bond donors (Lipinski definition) is 1. The molecule has 1 aromatic carbocycles. The Balaban J connectivity index is 1.61. The summed E-state index contributed by atoms with van der Waals surface area (Å²) in [5.41, 5.74) is 1.99. The Hall–Kier alpha value is -2.04.